The van der Waals surface area contributed by atoms with Crippen molar-refractivity contribution in [1.82, 2.24) is 4.98 Å². The van der Waals surface area contributed by atoms with Gasteiger partial charge in [0.15, 0.2) is 0 Å². The van der Waals surface area contributed by atoms with Gasteiger partial charge < -0.3 is 9.64 Å². The molecule has 0 bridgehead atoms. The molecule has 0 saturated carbocycles. The summed E-state index contributed by atoms with van der Waals surface area (Å²) in [5, 5.41) is 1.24. The van der Waals surface area contributed by atoms with E-state index in [9.17, 15) is 0 Å². The second-order valence-electron chi connectivity index (χ2n) is 6.93. The molecule has 0 spiro atoms. The van der Waals surface area contributed by atoms with Crippen LogP contribution in [0.25, 0.3) is 10.9 Å². The summed E-state index contributed by atoms with van der Waals surface area (Å²) in [7, 11) is 0. The zero-order valence-electron chi connectivity index (χ0n) is 15.0. The number of fused-ring (bicyclic) bond motifs is 1. The van der Waals surface area contributed by atoms with Crippen molar-refractivity contribution in [2.24, 2.45) is 0 Å². The van der Waals surface area contributed by atoms with Crippen molar-refractivity contribution in [1.29, 1.82) is 0 Å². The first kappa shape index (κ1) is 15.9. The standard InChI is InChI=1S/C22H24N2O/c1-16-5-8-19(9-6-16)25-15-18-7-10-20-21(14-18)23-17(2)13-22(20)24-11-3-4-12-24/h5-10,13-14H,3-4,11-12,15H2,1-2H3. The van der Waals surface area contributed by atoms with E-state index in [1.807, 2.05) is 12.1 Å². The lowest BCUT2D eigenvalue weighted by atomic mass is 10.1. The lowest BCUT2D eigenvalue weighted by Crippen LogP contribution is -2.18. The van der Waals surface area contributed by atoms with Crippen molar-refractivity contribution in [3.8, 4) is 5.75 Å². The van der Waals surface area contributed by atoms with Crippen molar-refractivity contribution < 1.29 is 4.74 Å². The molecule has 3 heteroatoms. The highest BCUT2D eigenvalue weighted by molar-refractivity contribution is 5.92. The summed E-state index contributed by atoms with van der Waals surface area (Å²) in [6.07, 6.45) is 2.57. The van der Waals surface area contributed by atoms with Crippen LogP contribution in [-0.2, 0) is 6.61 Å². The maximum Gasteiger partial charge on any atom is 0.119 e. The predicted molar refractivity (Wildman–Crippen MR) is 103 cm³/mol. The number of aromatic nitrogens is 1. The number of rotatable bonds is 4. The van der Waals surface area contributed by atoms with Gasteiger partial charge in [0.1, 0.15) is 12.4 Å². The van der Waals surface area contributed by atoms with Gasteiger partial charge >= 0.3 is 0 Å². The smallest absolute Gasteiger partial charge is 0.119 e. The second kappa shape index (κ2) is 6.75. The van der Waals surface area contributed by atoms with Crippen LogP contribution < -0.4 is 9.64 Å². The Labute approximate surface area is 149 Å². The highest BCUT2D eigenvalue weighted by Crippen LogP contribution is 2.30. The quantitative estimate of drug-likeness (QED) is 0.670. The third-order valence-electron chi connectivity index (χ3n) is 4.85. The fourth-order valence-electron chi connectivity index (χ4n) is 3.49. The summed E-state index contributed by atoms with van der Waals surface area (Å²) in [4.78, 5) is 7.24. The molecule has 1 aliphatic heterocycles. The second-order valence-corrected chi connectivity index (χ2v) is 6.93. The van der Waals surface area contributed by atoms with Gasteiger partial charge in [0.2, 0.25) is 0 Å². The Balaban J connectivity index is 1.60. The lowest BCUT2D eigenvalue weighted by Gasteiger charge is -2.20. The summed E-state index contributed by atoms with van der Waals surface area (Å²) in [6.45, 7) is 7.02. The molecule has 3 nitrogen and oxygen atoms in total. The number of ether oxygens (including phenoxy) is 1. The third kappa shape index (κ3) is 3.46. The summed E-state index contributed by atoms with van der Waals surface area (Å²) in [5.41, 5.74) is 5.86. The Morgan fingerprint density at radius 2 is 1.72 bits per heavy atom. The van der Waals surface area contributed by atoms with Crippen LogP contribution in [0.15, 0.2) is 48.5 Å². The maximum atomic E-state index is 5.92. The van der Waals surface area contributed by atoms with Crippen molar-refractivity contribution in [2.45, 2.75) is 33.3 Å². The van der Waals surface area contributed by atoms with Gasteiger partial charge in [-0.2, -0.15) is 0 Å². The van der Waals surface area contributed by atoms with E-state index in [1.54, 1.807) is 0 Å². The molecular weight excluding hydrogens is 308 g/mol. The number of benzene rings is 2. The van der Waals surface area contributed by atoms with Crippen LogP contribution in [0.2, 0.25) is 0 Å². The number of pyridine rings is 1. The van der Waals surface area contributed by atoms with Gasteiger partial charge in [0.05, 0.1) is 5.52 Å². The van der Waals surface area contributed by atoms with E-state index in [0.717, 1.165) is 35.6 Å². The Bertz CT molecular complexity index is 880. The minimum atomic E-state index is 0.563. The van der Waals surface area contributed by atoms with E-state index in [4.69, 9.17) is 9.72 Å². The van der Waals surface area contributed by atoms with E-state index < -0.39 is 0 Å². The van der Waals surface area contributed by atoms with Gasteiger partial charge in [-0.3, -0.25) is 4.98 Å². The average Bonchev–Trinajstić information content (AvgIpc) is 3.14. The van der Waals surface area contributed by atoms with E-state index in [-0.39, 0.29) is 0 Å². The molecule has 0 unspecified atom stereocenters. The molecule has 0 N–H and O–H groups in total. The topological polar surface area (TPSA) is 25.4 Å². The number of aryl methyl sites for hydroxylation is 2. The highest BCUT2D eigenvalue weighted by atomic mass is 16.5. The van der Waals surface area contributed by atoms with E-state index >= 15 is 0 Å². The summed E-state index contributed by atoms with van der Waals surface area (Å²) in [5.74, 6) is 0.903. The molecule has 1 aliphatic rings. The van der Waals surface area contributed by atoms with Crippen LogP contribution >= 0.6 is 0 Å². The first-order valence-electron chi connectivity index (χ1n) is 9.04. The molecule has 0 aliphatic carbocycles. The van der Waals surface area contributed by atoms with Crippen LogP contribution in [0.4, 0.5) is 5.69 Å². The number of hydrogen-bond donors (Lipinski definition) is 0. The van der Waals surface area contributed by atoms with Crippen LogP contribution in [0.3, 0.4) is 0 Å². The SMILES string of the molecule is Cc1ccc(OCc2ccc3c(N4CCCC4)cc(C)nc3c2)cc1. The monoisotopic (exact) mass is 332 g/mol. The molecule has 0 atom stereocenters. The zero-order valence-corrected chi connectivity index (χ0v) is 15.0. The molecule has 0 amide bonds. The van der Waals surface area contributed by atoms with Gasteiger partial charge in [0.25, 0.3) is 0 Å². The van der Waals surface area contributed by atoms with Gasteiger partial charge in [-0.25, -0.2) is 0 Å². The fourth-order valence-corrected chi connectivity index (χ4v) is 3.49. The van der Waals surface area contributed by atoms with Crippen LogP contribution in [-0.4, -0.2) is 18.1 Å². The lowest BCUT2D eigenvalue weighted by molar-refractivity contribution is 0.306. The van der Waals surface area contributed by atoms with Crippen LogP contribution in [0.5, 0.6) is 5.75 Å². The molecule has 128 valence electrons. The largest absolute Gasteiger partial charge is 0.489 e. The van der Waals surface area contributed by atoms with Gasteiger partial charge in [-0.15, -0.1) is 0 Å². The van der Waals surface area contributed by atoms with Crippen molar-refractivity contribution >= 4 is 16.6 Å². The molecular formula is C22H24N2O. The zero-order chi connectivity index (χ0) is 17.2. The molecule has 1 aromatic heterocycles. The number of anilines is 1. The van der Waals surface area contributed by atoms with Gasteiger partial charge in [-0.1, -0.05) is 29.8 Å². The minimum Gasteiger partial charge on any atom is -0.489 e. The van der Waals surface area contributed by atoms with E-state index in [2.05, 4.69) is 55.1 Å². The molecule has 25 heavy (non-hydrogen) atoms. The Morgan fingerprint density at radius 3 is 2.48 bits per heavy atom. The summed E-state index contributed by atoms with van der Waals surface area (Å²) in [6, 6.07) is 16.9. The first-order chi connectivity index (χ1) is 12.2. The Hall–Kier alpha value is -2.55. The van der Waals surface area contributed by atoms with E-state index in [0.29, 0.717) is 6.61 Å². The molecule has 3 aromatic rings. The van der Waals surface area contributed by atoms with E-state index in [1.165, 1.54) is 29.5 Å². The average molecular weight is 332 g/mol. The minimum absolute atomic E-state index is 0.563. The molecule has 2 aromatic carbocycles. The van der Waals surface area contributed by atoms with Crippen molar-refractivity contribution in [2.75, 3.05) is 18.0 Å². The van der Waals surface area contributed by atoms with Gasteiger partial charge in [-0.05, 0) is 56.5 Å². The predicted octanol–water partition coefficient (Wildman–Crippen LogP) is 5.03. The normalized spacial score (nSPS) is 14.2. The maximum absolute atomic E-state index is 5.92. The van der Waals surface area contributed by atoms with Crippen molar-refractivity contribution in [3.63, 3.8) is 0 Å². The van der Waals surface area contributed by atoms with Crippen molar-refractivity contribution in [3.05, 3.63) is 65.4 Å². The molecule has 0 radical (unpaired) electrons. The summed E-state index contributed by atoms with van der Waals surface area (Å²) >= 11 is 0. The first-order valence-corrected chi connectivity index (χ1v) is 9.04. The third-order valence-corrected chi connectivity index (χ3v) is 4.85. The fraction of sp³-hybridized carbons (Fsp3) is 0.318. The summed E-state index contributed by atoms with van der Waals surface area (Å²) < 4.78 is 5.92. The molecule has 2 heterocycles. The highest BCUT2D eigenvalue weighted by Gasteiger charge is 2.16. The van der Waals surface area contributed by atoms with Gasteiger partial charge in [0, 0.05) is 29.9 Å². The Kier molecular flexibility index (Phi) is 4.31. The Morgan fingerprint density at radius 1 is 0.960 bits per heavy atom. The molecule has 1 saturated heterocycles. The number of nitrogens with zero attached hydrogens (tertiary/aromatic N) is 2. The number of hydrogen-bond acceptors (Lipinski definition) is 3. The van der Waals surface area contributed by atoms with Crippen LogP contribution in [0.1, 0.15) is 29.7 Å². The molecule has 1 fully saturated rings. The van der Waals surface area contributed by atoms with Crippen LogP contribution in [0, 0.1) is 13.8 Å². The molecule has 4 rings (SSSR count).